The van der Waals surface area contributed by atoms with Gasteiger partial charge in [-0.2, -0.15) is 15.6 Å². The molecule has 4 aromatic rings. The van der Waals surface area contributed by atoms with E-state index in [9.17, 15) is 17.5 Å². The second-order valence-electron chi connectivity index (χ2n) is 8.72. The Kier molecular flexibility index (Phi) is 6.28. The van der Waals surface area contributed by atoms with E-state index < -0.39 is 20.4 Å². The predicted octanol–water partition coefficient (Wildman–Crippen LogP) is 4.11. The van der Waals surface area contributed by atoms with Crippen molar-refractivity contribution in [2.24, 2.45) is 0 Å². The molecule has 5 rings (SSSR count). The number of rotatable bonds is 6. The van der Waals surface area contributed by atoms with Gasteiger partial charge in [-0.15, -0.1) is 5.10 Å². The zero-order chi connectivity index (χ0) is 24.6. The summed E-state index contributed by atoms with van der Waals surface area (Å²) >= 11 is 0. The Balaban J connectivity index is 1.35. The summed E-state index contributed by atoms with van der Waals surface area (Å²) in [6.45, 7) is 2.07. The Hall–Kier alpha value is -2.96. The van der Waals surface area contributed by atoms with Gasteiger partial charge in [-0.3, -0.25) is 14.0 Å². The summed E-state index contributed by atoms with van der Waals surface area (Å²) in [7, 11) is -5.66. The molecule has 1 fully saturated rings. The first-order valence-corrected chi connectivity index (χ1v) is 14.9. The molecule has 1 saturated heterocycles. The largest absolute Gasteiger partial charge is 0.323 e. The van der Waals surface area contributed by atoms with E-state index in [0.29, 0.717) is 36.2 Å². The highest BCUT2D eigenvalue weighted by Gasteiger charge is 2.22. The second kappa shape index (κ2) is 9.25. The number of aromatic nitrogens is 3. The van der Waals surface area contributed by atoms with Crippen LogP contribution >= 0.6 is 10.6 Å². The molecule has 11 heteroatoms. The Labute approximate surface area is 205 Å². The SMILES string of the molecule is CS(=O)(=O)c1ccc(-c2cccc3nc(Nc4cccc(CN5CCS(O)(O)CC5)c4)nn23)cc1. The molecule has 2 aromatic heterocycles. The number of nitrogens with zero attached hydrogens (tertiary/aromatic N) is 4. The molecular formula is C24H27N5O4S2. The van der Waals surface area contributed by atoms with Crippen molar-refractivity contribution in [3.63, 3.8) is 0 Å². The first kappa shape index (κ1) is 23.8. The minimum Gasteiger partial charge on any atom is -0.323 e. The third kappa shape index (κ3) is 5.49. The van der Waals surface area contributed by atoms with Gasteiger partial charge in [0.25, 0.3) is 0 Å². The van der Waals surface area contributed by atoms with Gasteiger partial charge in [-0.1, -0.05) is 30.3 Å². The first-order chi connectivity index (χ1) is 16.7. The van der Waals surface area contributed by atoms with Crippen molar-refractivity contribution in [3.05, 3.63) is 72.3 Å². The maximum absolute atomic E-state index is 11.8. The number of benzene rings is 2. The minimum absolute atomic E-state index is 0.270. The minimum atomic E-state index is -3.26. The lowest BCUT2D eigenvalue weighted by Crippen LogP contribution is -2.37. The van der Waals surface area contributed by atoms with E-state index >= 15 is 0 Å². The summed E-state index contributed by atoms with van der Waals surface area (Å²) in [5, 5.41) is 7.90. The summed E-state index contributed by atoms with van der Waals surface area (Å²) < 4.78 is 44.9. The lowest BCUT2D eigenvalue weighted by atomic mass is 10.1. The molecule has 0 spiro atoms. The summed E-state index contributed by atoms with van der Waals surface area (Å²) in [4.78, 5) is 7.09. The van der Waals surface area contributed by atoms with E-state index in [1.54, 1.807) is 28.8 Å². The fourth-order valence-corrected chi connectivity index (χ4v) is 6.04. The number of fused-ring (bicyclic) bond motifs is 1. The van der Waals surface area contributed by atoms with Gasteiger partial charge >= 0.3 is 0 Å². The van der Waals surface area contributed by atoms with Gasteiger partial charge in [0.05, 0.1) is 22.1 Å². The summed E-state index contributed by atoms with van der Waals surface area (Å²) in [6, 6.07) is 20.4. The van der Waals surface area contributed by atoms with Crippen molar-refractivity contribution in [2.75, 3.05) is 36.2 Å². The number of pyridine rings is 1. The molecule has 0 aliphatic carbocycles. The first-order valence-electron chi connectivity index (χ1n) is 11.1. The van der Waals surface area contributed by atoms with Crippen LogP contribution in [0.2, 0.25) is 0 Å². The molecular weight excluding hydrogens is 486 g/mol. The maximum Gasteiger partial charge on any atom is 0.247 e. The number of nitrogens with one attached hydrogen (secondary N) is 1. The summed E-state index contributed by atoms with van der Waals surface area (Å²) in [5.74, 6) is 1.31. The molecule has 184 valence electrons. The molecule has 2 aromatic carbocycles. The molecule has 3 heterocycles. The smallest absolute Gasteiger partial charge is 0.247 e. The molecule has 0 amide bonds. The molecule has 9 nitrogen and oxygen atoms in total. The van der Waals surface area contributed by atoms with Crippen molar-refractivity contribution in [1.82, 2.24) is 19.5 Å². The van der Waals surface area contributed by atoms with Crippen LogP contribution in [0.4, 0.5) is 11.6 Å². The molecule has 0 saturated carbocycles. The normalized spacial score (nSPS) is 17.3. The Morgan fingerprint density at radius 1 is 1.00 bits per heavy atom. The van der Waals surface area contributed by atoms with Crippen LogP contribution in [-0.4, -0.2) is 67.9 Å². The van der Waals surface area contributed by atoms with Crippen molar-refractivity contribution in [3.8, 4) is 11.3 Å². The number of hydrogen-bond donors (Lipinski definition) is 3. The molecule has 0 unspecified atom stereocenters. The van der Waals surface area contributed by atoms with Crippen LogP contribution in [-0.2, 0) is 16.4 Å². The van der Waals surface area contributed by atoms with Gasteiger partial charge in [0.15, 0.2) is 15.5 Å². The van der Waals surface area contributed by atoms with E-state index in [0.717, 1.165) is 29.1 Å². The van der Waals surface area contributed by atoms with E-state index in [1.807, 2.05) is 42.5 Å². The van der Waals surface area contributed by atoms with Crippen LogP contribution in [0.5, 0.6) is 0 Å². The van der Waals surface area contributed by atoms with Crippen LogP contribution in [0.15, 0.2) is 71.6 Å². The van der Waals surface area contributed by atoms with Crippen LogP contribution < -0.4 is 5.32 Å². The molecule has 1 aliphatic rings. The zero-order valence-corrected chi connectivity index (χ0v) is 20.8. The predicted molar refractivity (Wildman–Crippen MR) is 139 cm³/mol. The van der Waals surface area contributed by atoms with Gasteiger partial charge < -0.3 is 5.32 Å². The maximum atomic E-state index is 11.8. The van der Waals surface area contributed by atoms with Gasteiger partial charge in [0.1, 0.15) is 0 Å². The monoisotopic (exact) mass is 513 g/mol. The van der Waals surface area contributed by atoms with Crippen LogP contribution in [0.25, 0.3) is 16.9 Å². The van der Waals surface area contributed by atoms with Crippen molar-refractivity contribution < 1.29 is 17.5 Å². The average molecular weight is 514 g/mol. The van der Waals surface area contributed by atoms with E-state index in [4.69, 9.17) is 0 Å². The Morgan fingerprint density at radius 2 is 1.71 bits per heavy atom. The molecule has 0 atom stereocenters. The van der Waals surface area contributed by atoms with Crippen molar-refractivity contribution >= 4 is 37.7 Å². The van der Waals surface area contributed by atoms with E-state index in [-0.39, 0.29) is 4.90 Å². The van der Waals surface area contributed by atoms with Gasteiger partial charge in [-0.05, 0) is 42.0 Å². The Bertz CT molecular complexity index is 1460. The number of hydrogen-bond acceptors (Lipinski definition) is 8. The highest BCUT2D eigenvalue weighted by atomic mass is 32.3. The highest BCUT2D eigenvalue weighted by molar-refractivity contribution is 8.24. The van der Waals surface area contributed by atoms with Gasteiger partial charge in [0.2, 0.25) is 5.95 Å². The zero-order valence-electron chi connectivity index (χ0n) is 19.2. The molecule has 3 N–H and O–H groups in total. The third-order valence-corrected chi connectivity index (χ3v) is 8.80. The molecule has 0 radical (unpaired) electrons. The molecule has 0 bridgehead atoms. The topological polar surface area (TPSA) is 120 Å². The quantitative estimate of drug-likeness (QED) is 0.352. The van der Waals surface area contributed by atoms with E-state index in [1.165, 1.54) is 6.26 Å². The number of anilines is 2. The average Bonchev–Trinajstić information content (AvgIpc) is 3.23. The van der Waals surface area contributed by atoms with Crippen LogP contribution in [0.1, 0.15) is 5.56 Å². The third-order valence-electron chi connectivity index (χ3n) is 6.00. The van der Waals surface area contributed by atoms with Gasteiger partial charge in [-0.25, -0.2) is 12.9 Å². The van der Waals surface area contributed by atoms with Gasteiger partial charge in [0, 0.05) is 37.1 Å². The molecule has 1 aliphatic heterocycles. The lowest BCUT2D eigenvalue weighted by Gasteiger charge is -2.41. The van der Waals surface area contributed by atoms with Crippen molar-refractivity contribution in [1.29, 1.82) is 0 Å². The van der Waals surface area contributed by atoms with Crippen LogP contribution in [0, 0.1) is 0 Å². The lowest BCUT2D eigenvalue weighted by molar-refractivity contribution is 0.278. The van der Waals surface area contributed by atoms with Crippen LogP contribution in [0.3, 0.4) is 0 Å². The fraction of sp³-hybridized carbons (Fsp3) is 0.250. The highest BCUT2D eigenvalue weighted by Crippen LogP contribution is 2.40. The van der Waals surface area contributed by atoms with Crippen molar-refractivity contribution in [2.45, 2.75) is 11.4 Å². The Morgan fingerprint density at radius 3 is 2.43 bits per heavy atom. The van der Waals surface area contributed by atoms with E-state index in [2.05, 4.69) is 20.3 Å². The fourth-order valence-electron chi connectivity index (χ4n) is 4.11. The summed E-state index contributed by atoms with van der Waals surface area (Å²) in [5.41, 5.74) is 4.27. The standard InChI is InChI=1S/C24H27N5O4S2/c1-34(30,31)21-10-8-19(9-11-21)22-6-3-7-23-26-24(27-29(22)23)25-20-5-2-4-18(16-20)17-28-12-14-35(32,33)15-13-28/h2-11,16,32-33H,12-15,17H2,1H3,(H,25,27). The summed E-state index contributed by atoms with van der Waals surface area (Å²) in [6.07, 6.45) is 1.19. The second-order valence-corrected chi connectivity index (χ2v) is 13.2. The number of sulfone groups is 1. The molecule has 35 heavy (non-hydrogen) atoms.